The molecule has 0 bridgehead atoms. The van der Waals surface area contributed by atoms with E-state index in [1.54, 1.807) is 13.8 Å². The van der Waals surface area contributed by atoms with Gasteiger partial charge in [0.2, 0.25) is 0 Å². The molecule has 96 valence electrons. The minimum atomic E-state index is -3.10. The van der Waals surface area contributed by atoms with Crippen LogP contribution in [0.25, 0.3) is 0 Å². The summed E-state index contributed by atoms with van der Waals surface area (Å²) in [6.45, 7) is 3.32. The van der Waals surface area contributed by atoms with Gasteiger partial charge in [-0.05, 0) is 48.0 Å². The van der Waals surface area contributed by atoms with Gasteiger partial charge < -0.3 is 4.74 Å². The second-order valence-electron chi connectivity index (χ2n) is 3.84. The molecule has 1 aromatic rings. The third-order valence-electron chi connectivity index (χ3n) is 2.24. The van der Waals surface area contributed by atoms with E-state index < -0.39 is 15.1 Å². The Labute approximate surface area is 109 Å². The Morgan fingerprint density at radius 2 is 2.06 bits per heavy atom. The molecule has 6 heteroatoms. The smallest absolute Gasteiger partial charge is 0.155 e. The summed E-state index contributed by atoms with van der Waals surface area (Å²) in [4.78, 5) is 0. The van der Waals surface area contributed by atoms with Crippen LogP contribution in [0.5, 0.6) is 5.75 Å². The van der Waals surface area contributed by atoms with Gasteiger partial charge >= 0.3 is 0 Å². The molecule has 0 aliphatic heterocycles. The minimum Gasteiger partial charge on any atom is -0.491 e. The lowest BCUT2D eigenvalue weighted by atomic mass is 10.3. The van der Waals surface area contributed by atoms with Gasteiger partial charge in [0.25, 0.3) is 0 Å². The molecule has 3 nitrogen and oxygen atoms in total. The van der Waals surface area contributed by atoms with Crippen LogP contribution in [0.2, 0.25) is 0 Å². The largest absolute Gasteiger partial charge is 0.491 e. The van der Waals surface area contributed by atoms with Gasteiger partial charge in [0.05, 0.1) is 15.5 Å². The molecule has 0 saturated heterocycles. The van der Waals surface area contributed by atoms with E-state index in [9.17, 15) is 12.8 Å². The Hall–Kier alpha value is -0.620. The Kier molecular flexibility index (Phi) is 4.94. The molecule has 0 aliphatic carbocycles. The van der Waals surface area contributed by atoms with Crippen molar-refractivity contribution >= 4 is 25.8 Å². The molecule has 0 amide bonds. The van der Waals surface area contributed by atoms with Crippen molar-refractivity contribution in [3.05, 3.63) is 28.5 Å². The summed E-state index contributed by atoms with van der Waals surface area (Å²) < 4.78 is 41.6. The van der Waals surface area contributed by atoms with Crippen LogP contribution < -0.4 is 4.74 Å². The second kappa shape index (κ2) is 5.82. The van der Waals surface area contributed by atoms with Crippen molar-refractivity contribution in [1.29, 1.82) is 0 Å². The number of hydrogen-bond acceptors (Lipinski definition) is 3. The van der Waals surface area contributed by atoms with E-state index in [1.807, 2.05) is 0 Å². The van der Waals surface area contributed by atoms with Gasteiger partial charge in [0.1, 0.15) is 18.2 Å². The molecule has 0 heterocycles. The topological polar surface area (TPSA) is 43.4 Å². The summed E-state index contributed by atoms with van der Waals surface area (Å²) in [5.74, 6) is 0.0125. The van der Waals surface area contributed by atoms with Gasteiger partial charge in [0.15, 0.2) is 9.84 Å². The fourth-order valence-electron chi connectivity index (χ4n) is 1.10. The van der Waals surface area contributed by atoms with Crippen LogP contribution in [0.1, 0.15) is 13.8 Å². The highest BCUT2D eigenvalue weighted by Gasteiger charge is 2.16. The molecule has 1 rings (SSSR count). The number of rotatable bonds is 5. The maximum Gasteiger partial charge on any atom is 0.155 e. The highest BCUT2D eigenvalue weighted by atomic mass is 79.9. The lowest BCUT2D eigenvalue weighted by Gasteiger charge is -2.10. The molecule has 0 saturated carbocycles. The third kappa shape index (κ3) is 4.27. The number of benzene rings is 1. The number of hydrogen-bond donors (Lipinski definition) is 0. The first-order chi connectivity index (χ1) is 7.83. The zero-order valence-electron chi connectivity index (χ0n) is 9.61. The van der Waals surface area contributed by atoms with E-state index in [-0.39, 0.29) is 18.2 Å². The second-order valence-corrected chi connectivity index (χ2v) is 7.37. The van der Waals surface area contributed by atoms with Crippen molar-refractivity contribution in [3.8, 4) is 5.75 Å². The summed E-state index contributed by atoms with van der Waals surface area (Å²) in [5, 5.41) is -0.414. The Morgan fingerprint density at radius 1 is 1.41 bits per heavy atom. The van der Waals surface area contributed by atoms with Crippen molar-refractivity contribution in [3.63, 3.8) is 0 Å². The molecule has 0 radical (unpaired) electrons. The van der Waals surface area contributed by atoms with Crippen molar-refractivity contribution in [2.24, 2.45) is 0 Å². The predicted molar refractivity (Wildman–Crippen MR) is 68.5 cm³/mol. The summed E-state index contributed by atoms with van der Waals surface area (Å²) in [5.41, 5.74) is 0. The fraction of sp³-hybridized carbons (Fsp3) is 0.455. The number of ether oxygens (including phenoxy) is 1. The van der Waals surface area contributed by atoms with Gasteiger partial charge in [-0.25, -0.2) is 12.8 Å². The molecule has 0 N–H and O–H groups in total. The molecule has 1 aromatic carbocycles. The predicted octanol–water partition coefficient (Wildman–Crippen LogP) is 2.79. The summed E-state index contributed by atoms with van der Waals surface area (Å²) >= 11 is 3.14. The molecule has 0 unspecified atom stereocenters. The van der Waals surface area contributed by atoms with Gasteiger partial charge in [-0.15, -0.1) is 0 Å². The Morgan fingerprint density at radius 3 is 2.59 bits per heavy atom. The molecule has 0 aliphatic rings. The first-order valence-corrected chi connectivity index (χ1v) is 7.63. The van der Waals surface area contributed by atoms with E-state index in [4.69, 9.17) is 4.74 Å². The highest BCUT2D eigenvalue weighted by Crippen LogP contribution is 2.25. The third-order valence-corrected chi connectivity index (χ3v) is 5.03. The average molecular weight is 325 g/mol. The van der Waals surface area contributed by atoms with Crippen LogP contribution in [0.3, 0.4) is 0 Å². The summed E-state index contributed by atoms with van der Waals surface area (Å²) in [6.07, 6.45) is 0. The van der Waals surface area contributed by atoms with Crippen molar-refractivity contribution in [2.75, 3.05) is 12.4 Å². The van der Waals surface area contributed by atoms with Crippen LogP contribution in [-0.4, -0.2) is 26.0 Å². The minimum absolute atomic E-state index is 0.0471. The molecule has 0 fully saturated rings. The quantitative estimate of drug-likeness (QED) is 0.836. The summed E-state index contributed by atoms with van der Waals surface area (Å²) in [7, 11) is -3.10. The lowest BCUT2D eigenvalue weighted by Crippen LogP contribution is -2.22. The van der Waals surface area contributed by atoms with Gasteiger partial charge in [0, 0.05) is 0 Å². The van der Waals surface area contributed by atoms with E-state index >= 15 is 0 Å². The Bertz CT molecular complexity index is 485. The van der Waals surface area contributed by atoms with Crippen molar-refractivity contribution in [2.45, 2.75) is 19.1 Å². The molecule has 0 spiro atoms. The average Bonchev–Trinajstić information content (AvgIpc) is 2.21. The lowest BCUT2D eigenvalue weighted by molar-refractivity contribution is 0.337. The molecule has 0 atom stereocenters. The Balaban J connectivity index is 2.58. The normalized spacial score (nSPS) is 11.8. The van der Waals surface area contributed by atoms with Crippen molar-refractivity contribution in [1.82, 2.24) is 0 Å². The van der Waals surface area contributed by atoms with Crippen LogP contribution in [0, 0.1) is 5.82 Å². The van der Waals surface area contributed by atoms with Crippen LogP contribution in [0.4, 0.5) is 4.39 Å². The van der Waals surface area contributed by atoms with Gasteiger partial charge in [-0.1, -0.05) is 0 Å². The number of sulfone groups is 1. The highest BCUT2D eigenvalue weighted by molar-refractivity contribution is 9.10. The standard InChI is InChI=1S/C11H14BrFO3S/c1-8(2)17(14,15)6-5-16-11-4-3-9(13)7-10(11)12/h3-4,7-8H,5-6H2,1-2H3. The SMILES string of the molecule is CC(C)S(=O)(=O)CCOc1ccc(F)cc1Br. The first-order valence-electron chi connectivity index (χ1n) is 5.12. The van der Waals surface area contributed by atoms with Crippen LogP contribution >= 0.6 is 15.9 Å². The molecular formula is C11H14BrFO3S. The van der Waals surface area contributed by atoms with Crippen molar-refractivity contribution < 1.29 is 17.5 Å². The fourth-order valence-corrected chi connectivity index (χ4v) is 2.35. The zero-order chi connectivity index (χ0) is 13.1. The number of halogens is 2. The maximum absolute atomic E-state index is 12.8. The van der Waals surface area contributed by atoms with Crippen LogP contribution in [0.15, 0.2) is 22.7 Å². The zero-order valence-corrected chi connectivity index (χ0v) is 12.0. The summed E-state index contributed by atoms with van der Waals surface area (Å²) in [6, 6.07) is 3.99. The monoisotopic (exact) mass is 324 g/mol. The molecular weight excluding hydrogens is 311 g/mol. The van der Waals surface area contributed by atoms with E-state index in [0.717, 1.165) is 0 Å². The van der Waals surface area contributed by atoms with E-state index in [2.05, 4.69) is 15.9 Å². The van der Waals surface area contributed by atoms with Gasteiger partial charge in [-0.3, -0.25) is 0 Å². The van der Waals surface area contributed by atoms with E-state index in [0.29, 0.717) is 10.2 Å². The van der Waals surface area contributed by atoms with Crippen LogP contribution in [-0.2, 0) is 9.84 Å². The molecule has 17 heavy (non-hydrogen) atoms. The van der Waals surface area contributed by atoms with E-state index in [1.165, 1.54) is 18.2 Å². The first kappa shape index (κ1) is 14.4. The maximum atomic E-state index is 12.8. The molecule has 0 aromatic heterocycles. The van der Waals surface area contributed by atoms with Gasteiger partial charge in [-0.2, -0.15) is 0 Å².